The monoisotopic (exact) mass is 970 g/mol. The number of hydrogen-bond acceptors (Lipinski definition) is 16. The SMILES string of the molecule is O.O.O=C([O-])C(=O)[O-].O=C([O-])c1cc(=O)cc(C(=O)[O-])o1.O=C([O-])c1cc(=O)cc(C(=O)[O-])o1.[Ho+3].[Ho+3].[OH3+].[OH3+].[OH3+].[OH3+].[OH3+].[OH3+].[OH3+].[OH3+]. The second-order valence-corrected chi connectivity index (χ2v) is 4.77. The summed E-state index contributed by atoms with van der Waals surface area (Å²) < 4.78 is 8.51. The first-order valence-electron chi connectivity index (χ1n) is 7.23. The summed E-state index contributed by atoms with van der Waals surface area (Å²) in [6.45, 7) is 0. The van der Waals surface area contributed by atoms with E-state index in [9.17, 15) is 49.2 Å². The minimum absolute atomic E-state index is 0. The van der Waals surface area contributed by atoms with Crippen molar-refractivity contribution in [3.05, 3.63) is 67.8 Å². The largest absolute Gasteiger partial charge is 3.00 e. The van der Waals surface area contributed by atoms with E-state index in [1.807, 2.05) is 0 Å². The molecule has 0 amide bonds. The maximum Gasteiger partial charge on any atom is 3.00 e. The molecule has 0 saturated carbocycles. The van der Waals surface area contributed by atoms with Gasteiger partial charge in [0.15, 0.2) is 33.9 Å². The minimum atomic E-state index is -2.19. The van der Waals surface area contributed by atoms with Gasteiger partial charge in [-0.05, 0) is 0 Å². The van der Waals surface area contributed by atoms with Crippen LogP contribution in [0, 0.1) is 75.5 Å². The second kappa shape index (κ2) is 39.8. The zero-order chi connectivity index (χ0) is 25.2. The summed E-state index contributed by atoms with van der Waals surface area (Å²) in [5.41, 5.74) is -1.60. The van der Waals surface area contributed by atoms with E-state index in [4.69, 9.17) is 19.8 Å². The molecule has 0 saturated heterocycles. The fourth-order valence-corrected chi connectivity index (χ4v) is 1.36. The first-order valence-corrected chi connectivity index (χ1v) is 7.23. The topological polar surface area (TPSA) is 628 Å². The van der Waals surface area contributed by atoms with Crippen LogP contribution in [0.3, 0.4) is 0 Å². The Morgan fingerprint density at radius 2 is 0.545 bits per heavy atom. The third kappa shape index (κ3) is 33.3. The summed E-state index contributed by atoms with van der Waals surface area (Å²) in [4.78, 5) is 79.9. The predicted molar refractivity (Wildman–Crippen MR) is 123 cm³/mol. The van der Waals surface area contributed by atoms with Crippen LogP contribution in [0.4, 0.5) is 0 Å². The van der Waals surface area contributed by atoms with Crippen LogP contribution in [-0.2, 0) is 53.4 Å². The molecule has 2 rings (SSSR count). The van der Waals surface area contributed by atoms with Crippen molar-refractivity contribution in [1.82, 2.24) is 0 Å². The van der Waals surface area contributed by atoms with Crippen LogP contribution in [0.25, 0.3) is 0 Å². The Labute approximate surface area is 299 Å². The molecule has 0 unspecified atom stereocenters. The fraction of sp³-hybridized carbons (Fsp3) is 0. The van der Waals surface area contributed by atoms with E-state index < -0.39 is 69.7 Å². The van der Waals surface area contributed by atoms with Crippen molar-refractivity contribution < 1.29 is 198 Å². The van der Waals surface area contributed by atoms with Gasteiger partial charge in [0.05, 0.1) is 11.9 Å². The standard InChI is InChI=1S/2C7H4O6.C2H2O4.2Ho.10H2O/c2*8-3-1-4(6(9)10)13-5(2-3)7(11)12;3-1(4)2(5)6;;;;;;;;;;;;/h2*1-2H,(H,9,10)(H,11,12);(H,3,4)(H,5,6);;;10*1H2/q;;;2*+3;;;;;;;;;;/p+2. The number of carboxylic acids is 6. The first kappa shape index (κ1) is 83.6. The maximum atomic E-state index is 10.7. The maximum absolute atomic E-state index is 10.7. The van der Waals surface area contributed by atoms with Gasteiger partial charge in [-0.1, -0.05) is 0 Å². The Hall–Kier alpha value is -3.16. The van der Waals surface area contributed by atoms with Gasteiger partial charge in [0.25, 0.3) is 0 Å². The molecule has 28 heteroatoms. The summed E-state index contributed by atoms with van der Waals surface area (Å²) >= 11 is 0. The van der Waals surface area contributed by atoms with E-state index >= 15 is 0 Å². The summed E-state index contributed by atoms with van der Waals surface area (Å²) in [6.07, 6.45) is 0. The molecule has 0 aliphatic carbocycles. The summed E-state index contributed by atoms with van der Waals surface area (Å²) in [6, 6.07) is 2.45. The van der Waals surface area contributed by atoms with E-state index in [0.29, 0.717) is 24.3 Å². The number of carboxylic acid groups (broad SMARTS) is 6. The van der Waals surface area contributed by atoms with Gasteiger partial charge in [-0.15, -0.1) is 0 Å². The van der Waals surface area contributed by atoms with Gasteiger partial charge in [-0.3, -0.25) is 9.59 Å². The molecule has 2 heterocycles. The van der Waals surface area contributed by atoms with Crippen molar-refractivity contribution in [3.63, 3.8) is 0 Å². The van der Waals surface area contributed by atoms with Gasteiger partial charge < -0.3 is 123 Å². The van der Waals surface area contributed by atoms with Gasteiger partial charge in [-0.25, -0.2) is 0 Å². The molecule has 2 aromatic rings. The molecule has 0 aliphatic rings. The Morgan fingerprint density at radius 3 is 0.636 bits per heavy atom. The van der Waals surface area contributed by atoms with E-state index in [2.05, 4.69) is 8.83 Å². The zero-order valence-corrected chi connectivity index (χ0v) is 24.9. The number of aliphatic carboxylic acids is 2. The smallest absolute Gasteiger partial charge is 0.543 e. The molecule has 28 N–H and O–H groups in total. The average Bonchev–Trinajstić information content (AvgIpc) is 2.67. The average molecular weight is 970 g/mol. The molecule has 2 aromatic heterocycles. The number of hydrogen-bond donors (Lipinski definition) is 0. The van der Waals surface area contributed by atoms with Crippen molar-refractivity contribution in [2.75, 3.05) is 0 Å². The van der Waals surface area contributed by atoms with Gasteiger partial charge in [-0.2, -0.15) is 0 Å². The molecule has 0 aliphatic heterocycles. The molecule has 0 aromatic carbocycles. The third-order valence-electron chi connectivity index (χ3n) is 2.50. The summed E-state index contributed by atoms with van der Waals surface area (Å²) in [7, 11) is 0. The fourth-order valence-electron chi connectivity index (χ4n) is 1.36. The minimum Gasteiger partial charge on any atom is -0.543 e. The molecule has 26 nitrogen and oxygen atoms in total. The quantitative estimate of drug-likeness (QED) is 0.156. The van der Waals surface area contributed by atoms with Crippen molar-refractivity contribution in [1.29, 1.82) is 0 Å². The van der Waals surface area contributed by atoms with Gasteiger partial charge in [0.1, 0.15) is 23.9 Å². The predicted octanol–water partition coefficient (Wildman–Crippen LogP) is -17.8. The molecular weight excluding hydrogens is 938 g/mol. The molecule has 266 valence electrons. The zero-order valence-electron chi connectivity index (χ0n) is 21.1. The van der Waals surface area contributed by atoms with Crippen LogP contribution >= 0.6 is 0 Å². The van der Waals surface area contributed by atoms with Crippen LogP contribution in [-0.4, -0.2) is 46.8 Å². The van der Waals surface area contributed by atoms with E-state index in [1.165, 1.54) is 0 Å². The van der Waals surface area contributed by atoms with Crippen LogP contribution in [0.15, 0.2) is 42.7 Å². The van der Waals surface area contributed by atoms with Crippen molar-refractivity contribution in [3.8, 4) is 0 Å². The third-order valence-corrected chi connectivity index (χ3v) is 2.50. The molecular formula is C16H32Ho2O26+8. The van der Waals surface area contributed by atoms with E-state index in [1.54, 1.807) is 0 Å². The number of rotatable bonds is 4. The molecule has 0 spiro atoms. The van der Waals surface area contributed by atoms with Crippen molar-refractivity contribution >= 4 is 35.8 Å². The van der Waals surface area contributed by atoms with Crippen LogP contribution < -0.4 is 41.5 Å². The van der Waals surface area contributed by atoms with Crippen molar-refractivity contribution in [2.45, 2.75) is 0 Å². The summed E-state index contributed by atoms with van der Waals surface area (Å²) in [5.74, 6) is -14.8. The van der Waals surface area contributed by atoms with E-state index in [-0.39, 0.29) is 130 Å². The Morgan fingerprint density at radius 1 is 0.409 bits per heavy atom. The number of carbonyl (C=O) groups is 6. The normalized spacial score (nSPS) is 6.64. The second-order valence-electron chi connectivity index (χ2n) is 4.77. The van der Waals surface area contributed by atoms with Crippen LogP contribution in [0.2, 0.25) is 0 Å². The molecule has 0 atom stereocenters. The number of aromatic carboxylic acids is 4. The number of carbonyl (C=O) groups excluding carboxylic acids is 6. The Bertz CT molecular complexity index is 1040. The Balaban J connectivity index is -0.0000000273. The van der Waals surface area contributed by atoms with E-state index in [0.717, 1.165) is 0 Å². The first-order chi connectivity index (χ1) is 14.6. The van der Waals surface area contributed by atoms with Crippen molar-refractivity contribution in [2.24, 2.45) is 0 Å². The molecule has 44 heavy (non-hydrogen) atoms. The molecule has 0 fully saturated rings. The molecule has 0 bridgehead atoms. The van der Waals surface area contributed by atoms with Gasteiger partial charge in [0.2, 0.25) is 0 Å². The van der Waals surface area contributed by atoms with Crippen LogP contribution in [0.1, 0.15) is 42.2 Å². The van der Waals surface area contributed by atoms with Gasteiger partial charge >= 0.3 is 75.5 Å². The van der Waals surface area contributed by atoms with Crippen LogP contribution in [0.5, 0.6) is 0 Å². The Kier molecular flexibility index (Phi) is 75.7. The molecule has 0 radical (unpaired) electrons. The van der Waals surface area contributed by atoms with Gasteiger partial charge in [0, 0.05) is 24.3 Å². The summed E-state index contributed by atoms with van der Waals surface area (Å²) in [5, 5.41) is 58.5.